The van der Waals surface area contributed by atoms with Crippen molar-refractivity contribution in [2.45, 2.75) is 44.3 Å². The van der Waals surface area contributed by atoms with Crippen LogP contribution in [0.3, 0.4) is 0 Å². The molecular formula is C24H29N3O3. The number of amides is 2. The maximum Gasteiger partial charge on any atom is 0.230 e. The Labute approximate surface area is 176 Å². The van der Waals surface area contributed by atoms with Crippen LogP contribution in [-0.2, 0) is 20.7 Å². The van der Waals surface area contributed by atoms with E-state index < -0.39 is 17.4 Å². The van der Waals surface area contributed by atoms with Gasteiger partial charge in [0.1, 0.15) is 5.60 Å². The van der Waals surface area contributed by atoms with Crippen molar-refractivity contribution in [3.8, 4) is 0 Å². The van der Waals surface area contributed by atoms with E-state index in [0.717, 1.165) is 31.2 Å². The molecule has 2 saturated heterocycles. The lowest BCUT2D eigenvalue weighted by Crippen LogP contribution is -2.44. The smallest absolute Gasteiger partial charge is 0.230 e. The first kappa shape index (κ1) is 19.4. The van der Waals surface area contributed by atoms with Crippen LogP contribution in [0.15, 0.2) is 42.6 Å². The number of para-hydroxylation sites is 1. The first-order valence-corrected chi connectivity index (χ1v) is 11.1. The fourth-order valence-corrected chi connectivity index (χ4v) is 5.37. The predicted molar refractivity (Wildman–Crippen MR) is 115 cm³/mol. The summed E-state index contributed by atoms with van der Waals surface area (Å²) in [5.74, 6) is -0.807. The number of likely N-dealkylation sites (tertiary alicyclic amines) is 1. The second-order valence-electron chi connectivity index (χ2n) is 8.77. The lowest BCUT2D eigenvalue weighted by atomic mass is 9.77. The monoisotopic (exact) mass is 407 g/mol. The van der Waals surface area contributed by atoms with Crippen LogP contribution in [0.4, 0.5) is 0 Å². The molecule has 2 aromatic rings. The molecule has 3 aliphatic rings. The molecule has 4 heterocycles. The minimum Gasteiger partial charge on any atom is -0.361 e. The Kier molecular flexibility index (Phi) is 4.89. The number of benzene rings is 1. The quantitative estimate of drug-likeness (QED) is 0.522. The first-order chi connectivity index (χ1) is 14.6. The van der Waals surface area contributed by atoms with Crippen LogP contribution in [0.1, 0.15) is 31.7 Å². The number of aromatic nitrogens is 1. The largest absolute Gasteiger partial charge is 0.361 e. The van der Waals surface area contributed by atoms with Gasteiger partial charge in [-0.05, 0) is 24.5 Å². The normalized spacial score (nSPS) is 29.2. The topological polar surface area (TPSA) is 74.4 Å². The highest BCUT2D eigenvalue weighted by atomic mass is 16.5. The molecule has 3 aliphatic heterocycles. The number of nitrogens with zero attached hydrogens (tertiary/aromatic N) is 1. The molecule has 0 saturated carbocycles. The summed E-state index contributed by atoms with van der Waals surface area (Å²) in [4.78, 5) is 31.4. The maximum absolute atomic E-state index is 13.3. The number of fused-ring (bicyclic) bond motifs is 2. The van der Waals surface area contributed by atoms with Gasteiger partial charge in [0.05, 0.1) is 24.5 Å². The minimum atomic E-state index is -0.632. The molecule has 2 amide bonds. The zero-order valence-electron chi connectivity index (χ0n) is 17.4. The number of aromatic amines is 1. The van der Waals surface area contributed by atoms with Crippen molar-refractivity contribution in [3.05, 3.63) is 48.2 Å². The van der Waals surface area contributed by atoms with Gasteiger partial charge in [-0.1, -0.05) is 50.1 Å². The number of ether oxygens (including phenoxy) is 1. The molecule has 2 bridgehead atoms. The van der Waals surface area contributed by atoms with E-state index in [0.29, 0.717) is 19.6 Å². The molecule has 5 rings (SSSR count). The van der Waals surface area contributed by atoms with Crippen LogP contribution < -0.4 is 5.32 Å². The molecule has 0 radical (unpaired) electrons. The number of hydrogen-bond donors (Lipinski definition) is 2. The fourth-order valence-electron chi connectivity index (χ4n) is 5.37. The number of rotatable bonds is 8. The van der Waals surface area contributed by atoms with Crippen LogP contribution in [0.2, 0.25) is 0 Å². The maximum atomic E-state index is 13.3. The summed E-state index contributed by atoms with van der Waals surface area (Å²) >= 11 is 0. The van der Waals surface area contributed by atoms with Gasteiger partial charge in [0, 0.05) is 30.2 Å². The van der Waals surface area contributed by atoms with Crippen molar-refractivity contribution in [1.82, 2.24) is 15.2 Å². The van der Waals surface area contributed by atoms with Crippen LogP contribution in [0, 0.1) is 11.8 Å². The summed E-state index contributed by atoms with van der Waals surface area (Å²) in [5, 5.41) is 4.23. The Bertz CT molecular complexity index is 996. The Balaban J connectivity index is 1.27. The SMILES string of the molecule is CCCCCNC(=O)[C@H]1[C@H]2C(=O)N(CCc3c[nH]c4ccccc34)C[C@@]23C=C[C@H]1O3. The van der Waals surface area contributed by atoms with Crippen molar-refractivity contribution in [2.75, 3.05) is 19.6 Å². The third-order valence-electron chi connectivity index (χ3n) is 6.89. The molecule has 0 unspecified atom stereocenters. The average molecular weight is 408 g/mol. The average Bonchev–Trinajstić information content (AvgIpc) is 3.49. The standard InChI is InChI=1S/C24H29N3O3/c1-2-3-6-12-25-22(28)20-19-9-11-24(30-19)15-27(23(29)21(20)24)13-10-16-14-26-18-8-5-4-7-17(16)18/h4-5,7-9,11,14,19-21,26H,2-3,6,10,12-13,15H2,1H3,(H,25,28)/t19-,20-,21+,24+/m1/s1. The van der Waals surface area contributed by atoms with E-state index in [1.807, 2.05) is 35.4 Å². The van der Waals surface area contributed by atoms with Gasteiger partial charge in [-0.25, -0.2) is 0 Å². The van der Waals surface area contributed by atoms with Crippen molar-refractivity contribution < 1.29 is 14.3 Å². The molecule has 158 valence electrons. The molecule has 2 N–H and O–H groups in total. The van der Waals surface area contributed by atoms with Gasteiger partial charge >= 0.3 is 0 Å². The highest BCUT2D eigenvalue weighted by Crippen LogP contribution is 2.51. The van der Waals surface area contributed by atoms with Crippen LogP contribution in [0.5, 0.6) is 0 Å². The van der Waals surface area contributed by atoms with Crippen molar-refractivity contribution in [1.29, 1.82) is 0 Å². The lowest BCUT2D eigenvalue weighted by molar-refractivity contribution is -0.137. The summed E-state index contributed by atoms with van der Waals surface area (Å²) < 4.78 is 6.21. The van der Waals surface area contributed by atoms with Gasteiger partial charge in [0.25, 0.3) is 0 Å². The van der Waals surface area contributed by atoms with E-state index in [1.165, 1.54) is 10.9 Å². The predicted octanol–water partition coefficient (Wildman–Crippen LogP) is 2.80. The van der Waals surface area contributed by atoms with Gasteiger partial charge < -0.3 is 19.9 Å². The Morgan fingerprint density at radius 1 is 1.33 bits per heavy atom. The van der Waals surface area contributed by atoms with Gasteiger partial charge in [0.2, 0.25) is 11.8 Å². The van der Waals surface area contributed by atoms with E-state index in [2.05, 4.69) is 29.4 Å². The summed E-state index contributed by atoms with van der Waals surface area (Å²) in [5.41, 5.74) is 1.69. The Hall–Kier alpha value is -2.60. The lowest BCUT2D eigenvalue weighted by Gasteiger charge is -2.23. The highest BCUT2D eigenvalue weighted by molar-refractivity contribution is 5.93. The number of H-pyrrole nitrogens is 1. The number of carbonyl (C=O) groups is 2. The van der Waals surface area contributed by atoms with Crippen LogP contribution in [-0.4, -0.2) is 53.0 Å². The fraction of sp³-hybridized carbons (Fsp3) is 0.500. The molecule has 6 nitrogen and oxygen atoms in total. The zero-order chi connectivity index (χ0) is 20.7. The molecule has 2 fully saturated rings. The Morgan fingerprint density at radius 3 is 3.07 bits per heavy atom. The van der Waals surface area contributed by atoms with Crippen molar-refractivity contribution >= 4 is 22.7 Å². The number of carbonyl (C=O) groups excluding carboxylic acids is 2. The van der Waals surface area contributed by atoms with Crippen molar-refractivity contribution in [3.63, 3.8) is 0 Å². The minimum absolute atomic E-state index is 0.0424. The van der Waals surface area contributed by atoms with Crippen LogP contribution >= 0.6 is 0 Å². The van der Waals surface area contributed by atoms with Gasteiger partial charge in [-0.2, -0.15) is 0 Å². The molecule has 1 spiro atoms. The van der Waals surface area contributed by atoms with E-state index >= 15 is 0 Å². The molecule has 1 aromatic heterocycles. The summed E-state index contributed by atoms with van der Waals surface area (Å²) in [6, 6.07) is 8.21. The first-order valence-electron chi connectivity index (χ1n) is 11.1. The number of hydrogen-bond acceptors (Lipinski definition) is 3. The second kappa shape index (κ2) is 7.58. The number of unbranched alkanes of at least 4 members (excludes halogenated alkanes) is 2. The summed E-state index contributed by atoms with van der Waals surface area (Å²) in [6.45, 7) is 3.97. The van der Waals surface area contributed by atoms with Gasteiger partial charge in [0.15, 0.2) is 0 Å². The highest BCUT2D eigenvalue weighted by Gasteiger charge is 2.66. The third-order valence-corrected chi connectivity index (χ3v) is 6.89. The van der Waals surface area contributed by atoms with E-state index in [9.17, 15) is 9.59 Å². The van der Waals surface area contributed by atoms with Gasteiger partial charge in [-0.15, -0.1) is 0 Å². The van der Waals surface area contributed by atoms with Crippen LogP contribution in [0.25, 0.3) is 10.9 Å². The molecule has 0 aliphatic carbocycles. The molecule has 1 aromatic carbocycles. The third kappa shape index (κ3) is 3.05. The zero-order valence-corrected chi connectivity index (χ0v) is 17.4. The van der Waals surface area contributed by atoms with Gasteiger partial charge in [-0.3, -0.25) is 9.59 Å². The second-order valence-corrected chi connectivity index (χ2v) is 8.77. The molecule has 30 heavy (non-hydrogen) atoms. The Morgan fingerprint density at radius 2 is 2.20 bits per heavy atom. The summed E-state index contributed by atoms with van der Waals surface area (Å²) in [6.07, 6.45) is 9.70. The molecule has 6 heteroatoms. The summed E-state index contributed by atoms with van der Waals surface area (Å²) in [7, 11) is 0. The van der Waals surface area contributed by atoms with Crippen molar-refractivity contribution in [2.24, 2.45) is 11.8 Å². The molecule has 4 atom stereocenters. The van der Waals surface area contributed by atoms with E-state index in [1.54, 1.807) is 0 Å². The van der Waals surface area contributed by atoms with E-state index in [4.69, 9.17) is 4.74 Å². The molecular weight excluding hydrogens is 378 g/mol. The number of nitrogens with one attached hydrogen (secondary N) is 2. The van der Waals surface area contributed by atoms with E-state index in [-0.39, 0.29) is 17.9 Å².